The maximum Gasteiger partial charge on any atom is 0.137 e. The molecule has 0 spiro atoms. The molecular weight excluding hydrogens is 564 g/mol. The standard InChI is InChI=1S/C41H40N4O/c1-23-16-17-42-39(20-23)44-37-13-11-10-12-35(37)36-15-14-33(22-38(36)44)46-34-19-24(2)18-32(21-34)45-31(9)41(30(8)43-45)40-28(6)26(4)25(3)27(5)29(40)7/h10-22H,1-9H3. The first-order valence-corrected chi connectivity index (χ1v) is 15.9. The zero-order chi connectivity index (χ0) is 32.4. The average molecular weight is 605 g/mol. The molecule has 0 atom stereocenters. The highest BCUT2D eigenvalue weighted by atomic mass is 16.5. The van der Waals surface area contributed by atoms with Crippen molar-refractivity contribution >= 4 is 21.8 Å². The van der Waals surface area contributed by atoms with Crippen LogP contribution in [0.2, 0.25) is 0 Å². The highest BCUT2D eigenvalue weighted by Gasteiger charge is 2.22. The van der Waals surface area contributed by atoms with Crippen LogP contribution in [-0.4, -0.2) is 19.3 Å². The Labute approximate surface area is 271 Å². The molecule has 3 heterocycles. The number of nitrogens with zero attached hydrogens (tertiary/aromatic N) is 4. The molecule has 0 N–H and O–H groups in total. The van der Waals surface area contributed by atoms with E-state index in [1.54, 1.807) is 0 Å². The van der Waals surface area contributed by atoms with Gasteiger partial charge < -0.3 is 4.74 Å². The first kappa shape index (κ1) is 29.5. The third kappa shape index (κ3) is 4.69. The summed E-state index contributed by atoms with van der Waals surface area (Å²) in [5.74, 6) is 2.44. The van der Waals surface area contributed by atoms with Crippen molar-refractivity contribution in [3.63, 3.8) is 0 Å². The lowest BCUT2D eigenvalue weighted by Gasteiger charge is -2.19. The smallest absolute Gasteiger partial charge is 0.137 e. The van der Waals surface area contributed by atoms with Crippen molar-refractivity contribution in [2.75, 3.05) is 0 Å². The quantitative estimate of drug-likeness (QED) is 0.196. The van der Waals surface area contributed by atoms with Crippen LogP contribution in [0.5, 0.6) is 11.5 Å². The monoisotopic (exact) mass is 604 g/mol. The summed E-state index contributed by atoms with van der Waals surface area (Å²) >= 11 is 0. The Morgan fingerprint density at radius 3 is 2.00 bits per heavy atom. The molecule has 7 aromatic rings. The van der Waals surface area contributed by atoms with Crippen LogP contribution in [0.4, 0.5) is 0 Å². The highest BCUT2D eigenvalue weighted by Crippen LogP contribution is 2.39. The Hall–Kier alpha value is -5.16. The SMILES string of the molecule is Cc1cc(Oc2ccc3c4ccccc4n(-c4cc(C)ccn4)c3c2)cc(-n2nc(C)c(-c3c(C)c(C)c(C)c(C)c3C)c2C)c1. The van der Waals surface area contributed by atoms with Gasteiger partial charge in [-0.05, 0) is 149 Å². The maximum absolute atomic E-state index is 6.61. The molecule has 0 saturated heterocycles. The van der Waals surface area contributed by atoms with Gasteiger partial charge in [0.1, 0.15) is 17.3 Å². The van der Waals surface area contributed by atoms with Crippen LogP contribution >= 0.6 is 0 Å². The fraction of sp³-hybridized carbons (Fsp3) is 0.220. The van der Waals surface area contributed by atoms with E-state index in [9.17, 15) is 0 Å². The second-order valence-electron chi connectivity index (χ2n) is 12.8. The lowest BCUT2D eigenvalue weighted by atomic mass is 9.85. The molecule has 0 unspecified atom stereocenters. The number of hydrogen-bond acceptors (Lipinski definition) is 3. The van der Waals surface area contributed by atoms with Crippen LogP contribution in [0.15, 0.2) is 79.0 Å². The predicted molar refractivity (Wildman–Crippen MR) is 190 cm³/mol. The molecule has 0 aliphatic carbocycles. The highest BCUT2D eigenvalue weighted by molar-refractivity contribution is 6.09. The van der Waals surface area contributed by atoms with Gasteiger partial charge in [0.05, 0.1) is 22.4 Å². The Kier molecular flexibility index (Phi) is 7.08. The summed E-state index contributed by atoms with van der Waals surface area (Å²) in [5.41, 5.74) is 16.8. The molecule has 0 bridgehead atoms. The second kappa shape index (κ2) is 11.0. The Morgan fingerprint density at radius 1 is 0.565 bits per heavy atom. The molecular formula is C41H40N4O. The van der Waals surface area contributed by atoms with Crippen molar-refractivity contribution in [1.82, 2.24) is 19.3 Å². The maximum atomic E-state index is 6.61. The van der Waals surface area contributed by atoms with E-state index in [0.29, 0.717) is 0 Å². The summed E-state index contributed by atoms with van der Waals surface area (Å²) < 4.78 is 10.9. The fourth-order valence-electron chi connectivity index (χ4n) is 7.08. The summed E-state index contributed by atoms with van der Waals surface area (Å²) in [6.45, 7) is 19.7. The van der Waals surface area contributed by atoms with E-state index in [-0.39, 0.29) is 0 Å². The molecule has 3 aromatic heterocycles. The van der Waals surface area contributed by atoms with Crippen LogP contribution < -0.4 is 4.74 Å². The van der Waals surface area contributed by atoms with Gasteiger partial charge >= 0.3 is 0 Å². The number of benzene rings is 4. The van der Waals surface area contributed by atoms with E-state index in [1.165, 1.54) is 55.3 Å². The number of ether oxygens (including phenoxy) is 1. The van der Waals surface area contributed by atoms with Gasteiger partial charge in [0.2, 0.25) is 0 Å². The predicted octanol–water partition coefficient (Wildman–Crippen LogP) is 10.6. The van der Waals surface area contributed by atoms with Gasteiger partial charge in [-0.2, -0.15) is 5.10 Å². The van der Waals surface area contributed by atoms with Crippen LogP contribution in [0.3, 0.4) is 0 Å². The zero-order valence-corrected chi connectivity index (χ0v) is 28.2. The zero-order valence-electron chi connectivity index (χ0n) is 28.2. The number of pyridine rings is 1. The normalized spacial score (nSPS) is 11.6. The number of para-hydroxylation sites is 1. The molecule has 0 aliphatic rings. The van der Waals surface area contributed by atoms with Crippen molar-refractivity contribution in [2.24, 2.45) is 0 Å². The number of aryl methyl sites for hydroxylation is 3. The van der Waals surface area contributed by atoms with E-state index < -0.39 is 0 Å². The summed E-state index contributed by atoms with van der Waals surface area (Å²) in [7, 11) is 0. The molecule has 0 aliphatic heterocycles. The summed E-state index contributed by atoms with van der Waals surface area (Å²) in [6, 6.07) is 25.3. The molecule has 46 heavy (non-hydrogen) atoms. The lowest BCUT2D eigenvalue weighted by molar-refractivity contribution is 0.482. The molecule has 0 saturated carbocycles. The Bertz CT molecular complexity index is 2310. The minimum Gasteiger partial charge on any atom is -0.457 e. The van der Waals surface area contributed by atoms with E-state index >= 15 is 0 Å². The minimum atomic E-state index is 0.770. The molecule has 0 fully saturated rings. The van der Waals surface area contributed by atoms with Gasteiger partial charge in [-0.15, -0.1) is 0 Å². The first-order chi connectivity index (χ1) is 22.0. The molecule has 7 rings (SSSR count). The van der Waals surface area contributed by atoms with Crippen molar-refractivity contribution in [1.29, 1.82) is 0 Å². The van der Waals surface area contributed by atoms with Crippen molar-refractivity contribution in [3.05, 3.63) is 129 Å². The van der Waals surface area contributed by atoms with Gasteiger partial charge in [-0.3, -0.25) is 4.57 Å². The Balaban J connectivity index is 1.32. The number of aromatic nitrogens is 4. The van der Waals surface area contributed by atoms with E-state index in [4.69, 9.17) is 14.8 Å². The molecule has 5 nitrogen and oxygen atoms in total. The van der Waals surface area contributed by atoms with Gasteiger partial charge in [-0.1, -0.05) is 18.2 Å². The Morgan fingerprint density at radius 2 is 1.26 bits per heavy atom. The topological polar surface area (TPSA) is 44.9 Å². The van der Waals surface area contributed by atoms with Gasteiger partial charge in [0.15, 0.2) is 0 Å². The third-order valence-electron chi connectivity index (χ3n) is 9.83. The largest absolute Gasteiger partial charge is 0.457 e. The van der Waals surface area contributed by atoms with E-state index in [2.05, 4.69) is 138 Å². The molecule has 0 amide bonds. The van der Waals surface area contributed by atoms with Crippen molar-refractivity contribution in [2.45, 2.75) is 62.3 Å². The second-order valence-corrected chi connectivity index (χ2v) is 12.8. The van der Waals surface area contributed by atoms with Crippen molar-refractivity contribution < 1.29 is 4.74 Å². The van der Waals surface area contributed by atoms with E-state index in [1.807, 2.05) is 12.3 Å². The molecule has 5 heteroatoms. The van der Waals surface area contributed by atoms with Crippen LogP contribution in [0.25, 0.3) is 44.4 Å². The summed E-state index contributed by atoms with van der Waals surface area (Å²) in [5, 5.41) is 7.43. The van der Waals surface area contributed by atoms with Gasteiger partial charge in [0.25, 0.3) is 0 Å². The van der Waals surface area contributed by atoms with Gasteiger partial charge in [-0.25, -0.2) is 9.67 Å². The van der Waals surface area contributed by atoms with Crippen LogP contribution in [0, 0.1) is 62.3 Å². The molecule has 0 radical (unpaired) electrons. The number of fused-ring (bicyclic) bond motifs is 3. The van der Waals surface area contributed by atoms with Crippen LogP contribution in [0.1, 0.15) is 50.3 Å². The first-order valence-electron chi connectivity index (χ1n) is 15.9. The summed E-state index contributed by atoms with van der Waals surface area (Å²) in [6.07, 6.45) is 1.87. The van der Waals surface area contributed by atoms with Crippen molar-refractivity contribution in [3.8, 4) is 34.1 Å². The third-order valence-corrected chi connectivity index (χ3v) is 9.83. The minimum absolute atomic E-state index is 0.770. The molecule has 4 aromatic carbocycles. The average Bonchev–Trinajstić information content (AvgIpc) is 3.52. The molecule has 230 valence electrons. The van der Waals surface area contributed by atoms with Crippen LogP contribution in [-0.2, 0) is 0 Å². The van der Waals surface area contributed by atoms with Gasteiger partial charge in [0, 0.05) is 40.4 Å². The fourth-order valence-corrected chi connectivity index (χ4v) is 7.08. The number of rotatable bonds is 5. The lowest BCUT2D eigenvalue weighted by Crippen LogP contribution is -2.02. The number of hydrogen-bond donors (Lipinski definition) is 0. The van der Waals surface area contributed by atoms with E-state index in [0.717, 1.165) is 51.0 Å². The summed E-state index contributed by atoms with van der Waals surface area (Å²) in [4.78, 5) is 4.73.